The average molecular weight is 526 g/mol. The second kappa shape index (κ2) is 11.8. The predicted molar refractivity (Wildman–Crippen MR) is 138 cm³/mol. The van der Waals surface area contributed by atoms with Gasteiger partial charge < -0.3 is 20.0 Å². The quantitative estimate of drug-likeness (QED) is 0.373. The second-order valence-electron chi connectivity index (χ2n) is 9.83. The molecular weight excluding hydrogens is 492 g/mol. The molecule has 8 nitrogen and oxygen atoms in total. The number of carbonyl (C=O) groups excluding carboxylic acids is 2. The number of carbonyl (C=O) groups is 2. The number of nitrogens with zero attached hydrogens (tertiary/aromatic N) is 3. The molecular formula is C28H33F2N5O3. The van der Waals surface area contributed by atoms with Gasteiger partial charge in [0.25, 0.3) is 17.7 Å². The van der Waals surface area contributed by atoms with E-state index in [1.165, 1.54) is 12.3 Å². The summed E-state index contributed by atoms with van der Waals surface area (Å²) in [5.41, 5.74) is 3.03. The first-order valence-electron chi connectivity index (χ1n) is 12.8. The van der Waals surface area contributed by atoms with Crippen LogP contribution in [0, 0.1) is 13.8 Å². The van der Waals surface area contributed by atoms with Crippen LogP contribution in [0.5, 0.6) is 0 Å². The zero-order valence-corrected chi connectivity index (χ0v) is 21.9. The second-order valence-corrected chi connectivity index (χ2v) is 9.83. The zero-order chi connectivity index (χ0) is 27.3. The van der Waals surface area contributed by atoms with E-state index in [1.807, 2.05) is 13.8 Å². The molecule has 1 atom stereocenters. The first-order valence-corrected chi connectivity index (χ1v) is 12.8. The normalized spacial score (nSPS) is 15.6. The number of likely N-dealkylation sites (tertiary alicyclic amines) is 1. The molecule has 1 saturated heterocycles. The van der Waals surface area contributed by atoms with E-state index in [4.69, 9.17) is 4.42 Å². The van der Waals surface area contributed by atoms with E-state index < -0.39 is 5.92 Å². The summed E-state index contributed by atoms with van der Waals surface area (Å²) in [5, 5.41) is 6.06. The highest BCUT2D eigenvalue weighted by Crippen LogP contribution is 2.33. The fraction of sp³-hybridized carbons (Fsp3) is 0.429. The van der Waals surface area contributed by atoms with Crippen molar-refractivity contribution in [3.05, 3.63) is 82.3 Å². The van der Waals surface area contributed by atoms with Crippen LogP contribution in [0.4, 0.5) is 8.78 Å². The van der Waals surface area contributed by atoms with Gasteiger partial charge in [0.1, 0.15) is 12.3 Å². The molecule has 1 aromatic carbocycles. The molecule has 3 heterocycles. The van der Waals surface area contributed by atoms with Crippen LogP contribution < -0.4 is 10.6 Å². The lowest BCUT2D eigenvalue weighted by Gasteiger charge is -2.23. The van der Waals surface area contributed by atoms with Crippen molar-refractivity contribution in [3.63, 3.8) is 0 Å². The van der Waals surface area contributed by atoms with Crippen LogP contribution in [0.25, 0.3) is 0 Å². The van der Waals surface area contributed by atoms with Crippen LogP contribution in [0.3, 0.4) is 0 Å². The standard InChI is InChI=1S/C28H33F2N5O3/c1-18-10-21(13-22(11-18)27(37)35-9-4-6-24(35)26-34-19(2)17-38-26)25(36)33-8-5-7-31-14-20-12-23(16-32-15-20)28(3,29)30/h10-13,15-17,24,31H,4-9,14H2,1-3H3,(H,33,36). The van der Waals surface area contributed by atoms with Crippen molar-refractivity contribution >= 4 is 11.8 Å². The molecule has 0 radical (unpaired) electrons. The van der Waals surface area contributed by atoms with Crippen molar-refractivity contribution in [1.82, 2.24) is 25.5 Å². The minimum atomic E-state index is -2.93. The van der Waals surface area contributed by atoms with Gasteiger partial charge >= 0.3 is 0 Å². The third-order valence-electron chi connectivity index (χ3n) is 6.47. The molecule has 3 aromatic rings. The average Bonchev–Trinajstić information content (AvgIpc) is 3.54. The molecule has 2 aromatic heterocycles. The Hall–Kier alpha value is -3.66. The highest BCUT2D eigenvalue weighted by molar-refractivity contribution is 6.00. The lowest BCUT2D eigenvalue weighted by molar-refractivity contribution is 0.0170. The van der Waals surface area contributed by atoms with Crippen molar-refractivity contribution in [1.29, 1.82) is 0 Å². The summed E-state index contributed by atoms with van der Waals surface area (Å²) in [6, 6.07) is 6.40. The maximum Gasteiger partial charge on any atom is 0.272 e. The van der Waals surface area contributed by atoms with E-state index in [1.54, 1.807) is 35.6 Å². The van der Waals surface area contributed by atoms with E-state index in [-0.39, 0.29) is 23.4 Å². The number of aromatic nitrogens is 2. The van der Waals surface area contributed by atoms with Crippen LogP contribution in [0.2, 0.25) is 0 Å². The van der Waals surface area contributed by atoms with E-state index in [0.717, 1.165) is 31.0 Å². The molecule has 1 unspecified atom stereocenters. The molecule has 0 saturated carbocycles. The number of rotatable bonds is 10. The Kier molecular flexibility index (Phi) is 8.51. The molecule has 4 rings (SSSR count). The van der Waals surface area contributed by atoms with Crippen molar-refractivity contribution in [2.45, 2.75) is 58.5 Å². The first kappa shape index (κ1) is 27.4. The lowest BCUT2D eigenvalue weighted by Crippen LogP contribution is -2.31. The van der Waals surface area contributed by atoms with Gasteiger partial charge in [0.05, 0.1) is 5.69 Å². The third kappa shape index (κ3) is 6.80. The van der Waals surface area contributed by atoms with E-state index in [0.29, 0.717) is 55.2 Å². The van der Waals surface area contributed by atoms with Gasteiger partial charge in [-0.25, -0.2) is 13.8 Å². The Morgan fingerprint density at radius 1 is 1.13 bits per heavy atom. The van der Waals surface area contributed by atoms with Crippen molar-refractivity contribution in [2.75, 3.05) is 19.6 Å². The Morgan fingerprint density at radius 3 is 2.66 bits per heavy atom. The van der Waals surface area contributed by atoms with E-state index >= 15 is 0 Å². The Labute approximate surface area is 220 Å². The van der Waals surface area contributed by atoms with Crippen LogP contribution in [0.15, 0.2) is 47.3 Å². The van der Waals surface area contributed by atoms with Gasteiger partial charge in [-0.15, -0.1) is 0 Å². The summed E-state index contributed by atoms with van der Waals surface area (Å²) in [4.78, 5) is 36.2. The number of hydrogen-bond acceptors (Lipinski definition) is 6. The fourth-order valence-electron chi connectivity index (χ4n) is 4.57. The predicted octanol–water partition coefficient (Wildman–Crippen LogP) is 4.69. The molecule has 0 spiro atoms. The molecule has 10 heteroatoms. The maximum atomic E-state index is 13.5. The van der Waals surface area contributed by atoms with Crippen LogP contribution in [-0.2, 0) is 12.5 Å². The number of pyridine rings is 1. The van der Waals surface area contributed by atoms with Crippen LogP contribution in [0.1, 0.15) is 81.2 Å². The number of oxazole rings is 1. The molecule has 38 heavy (non-hydrogen) atoms. The molecule has 0 aliphatic carbocycles. The van der Waals surface area contributed by atoms with Crippen LogP contribution >= 0.6 is 0 Å². The molecule has 2 amide bonds. The molecule has 0 bridgehead atoms. The fourth-order valence-corrected chi connectivity index (χ4v) is 4.57. The summed E-state index contributed by atoms with van der Waals surface area (Å²) in [6.45, 7) is 6.57. The topological polar surface area (TPSA) is 100 Å². The summed E-state index contributed by atoms with van der Waals surface area (Å²) in [7, 11) is 0. The lowest BCUT2D eigenvalue weighted by atomic mass is 10.0. The molecule has 1 fully saturated rings. The Bertz CT molecular complexity index is 1290. The van der Waals surface area contributed by atoms with Gasteiger partial charge in [0.2, 0.25) is 5.89 Å². The van der Waals surface area contributed by atoms with Crippen molar-refractivity contribution in [2.24, 2.45) is 0 Å². The monoisotopic (exact) mass is 525 g/mol. The Morgan fingerprint density at radius 2 is 1.92 bits per heavy atom. The van der Waals surface area contributed by atoms with Gasteiger partial charge in [-0.1, -0.05) is 0 Å². The molecule has 202 valence electrons. The largest absolute Gasteiger partial charge is 0.446 e. The molecule has 2 N–H and O–H groups in total. The number of hydrogen-bond donors (Lipinski definition) is 2. The number of amides is 2. The maximum absolute atomic E-state index is 13.5. The minimum absolute atomic E-state index is 0.118. The third-order valence-corrected chi connectivity index (χ3v) is 6.47. The van der Waals surface area contributed by atoms with Gasteiger partial charge in [-0.2, -0.15) is 0 Å². The van der Waals surface area contributed by atoms with Gasteiger partial charge in [0, 0.05) is 55.6 Å². The highest BCUT2D eigenvalue weighted by Gasteiger charge is 2.34. The summed E-state index contributed by atoms with van der Waals surface area (Å²) in [6.07, 6.45) is 6.60. The van der Waals surface area contributed by atoms with Gasteiger partial charge in [0.15, 0.2) is 0 Å². The first-order chi connectivity index (χ1) is 18.1. The summed E-state index contributed by atoms with van der Waals surface area (Å²) >= 11 is 0. The summed E-state index contributed by atoms with van der Waals surface area (Å²) < 4.78 is 32.5. The Balaban J connectivity index is 1.28. The van der Waals surface area contributed by atoms with Crippen molar-refractivity contribution in [3.8, 4) is 0 Å². The van der Waals surface area contributed by atoms with Crippen molar-refractivity contribution < 1.29 is 22.8 Å². The van der Waals surface area contributed by atoms with Crippen LogP contribution in [-0.4, -0.2) is 46.3 Å². The summed E-state index contributed by atoms with van der Waals surface area (Å²) in [5.74, 6) is -2.80. The SMILES string of the molecule is Cc1cc(C(=O)NCCCNCc2cncc(C(C)(F)F)c2)cc(C(=O)N2CCCC2c2nc(C)co2)c1. The molecule has 1 aliphatic rings. The number of benzene rings is 1. The number of aryl methyl sites for hydroxylation is 2. The zero-order valence-electron chi connectivity index (χ0n) is 21.9. The number of halogens is 2. The van der Waals surface area contributed by atoms with Gasteiger partial charge in [-0.3, -0.25) is 14.6 Å². The van der Waals surface area contributed by atoms with Gasteiger partial charge in [-0.05, 0) is 75.0 Å². The highest BCUT2D eigenvalue weighted by atomic mass is 19.3. The number of nitrogens with one attached hydrogen (secondary N) is 2. The van der Waals surface area contributed by atoms with E-state index in [2.05, 4.69) is 20.6 Å². The molecule has 1 aliphatic heterocycles. The smallest absolute Gasteiger partial charge is 0.272 e. The number of alkyl halides is 2. The van der Waals surface area contributed by atoms with E-state index in [9.17, 15) is 18.4 Å². The minimum Gasteiger partial charge on any atom is -0.446 e.